The lowest BCUT2D eigenvalue weighted by atomic mass is 10.2. The summed E-state index contributed by atoms with van der Waals surface area (Å²) in [5.41, 5.74) is 0.999. The quantitative estimate of drug-likeness (QED) is 0.811. The van der Waals surface area contributed by atoms with Crippen molar-refractivity contribution in [1.82, 2.24) is 4.90 Å². The van der Waals surface area contributed by atoms with Crippen LogP contribution in [-0.2, 0) is 16.1 Å². The molecule has 5 heteroatoms. The van der Waals surface area contributed by atoms with Gasteiger partial charge in [0.25, 0.3) is 5.91 Å². The van der Waals surface area contributed by atoms with Crippen LogP contribution in [0.1, 0.15) is 12.5 Å². The van der Waals surface area contributed by atoms with Gasteiger partial charge in [0.1, 0.15) is 6.10 Å². The molecule has 0 spiro atoms. The van der Waals surface area contributed by atoms with E-state index in [-0.39, 0.29) is 12.7 Å². The number of carbonyl (C=O) groups excluding carboxylic acids is 1. The zero-order valence-corrected chi connectivity index (χ0v) is 10.8. The van der Waals surface area contributed by atoms with Crippen molar-refractivity contribution in [3.05, 3.63) is 23.8 Å². The first-order valence-corrected chi connectivity index (χ1v) is 5.78. The van der Waals surface area contributed by atoms with Gasteiger partial charge in [0.2, 0.25) is 6.79 Å². The maximum atomic E-state index is 11.9. The van der Waals surface area contributed by atoms with Crippen LogP contribution in [0.2, 0.25) is 0 Å². The molecule has 1 atom stereocenters. The number of likely N-dealkylation sites (N-methyl/N-ethyl adjacent to an activating group) is 1. The highest BCUT2D eigenvalue weighted by molar-refractivity contribution is 5.80. The molecule has 0 aliphatic carbocycles. The molecular weight excluding hydrogens is 234 g/mol. The van der Waals surface area contributed by atoms with Gasteiger partial charge < -0.3 is 19.1 Å². The molecule has 1 aromatic rings. The van der Waals surface area contributed by atoms with Crippen molar-refractivity contribution >= 4 is 5.91 Å². The lowest BCUT2D eigenvalue weighted by molar-refractivity contribution is -0.140. The summed E-state index contributed by atoms with van der Waals surface area (Å²) in [7, 11) is 3.28. The van der Waals surface area contributed by atoms with Gasteiger partial charge in [0, 0.05) is 20.7 Å². The summed E-state index contributed by atoms with van der Waals surface area (Å²) in [6.45, 7) is 2.51. The van der Waals surface area contributed by atoms with Crippen molar-refractivity contribution in [2.24, 2.45) is 0 Å². The van der Waals surface area contributed by atoms with Crippen LogP contribution >= 0.6 is 0 Å². The smallest absolute Gasteiger partial charge is 0.251 e. The normalized spacial score (nSPS) is 14.4. The van der Waals surface area contributed by atoms with Crippen LogP contribution in [0.5, 0.6) is 11.5 Å². The molecule has 0 saturated carbocycles. The van der Waals surface area contributed by atoms with E-state index in [0.717, 1.165) is 17.1 Å². The number of amides is 1. The van der Waals surface area contributed by atoms with Gasteiger partial charge in [-0.2, -0.15) is 0 Å². The molecule has 1 aromatic carbocycles. The lowest BCUT2D eigenvalue weighted by Crippen LogP contribution is -2.35. The molecule has 0 fully saturated rings. The number of methoxy groups -OCH3 is 1. The van der Waals surface area contributed by atoms with E-state index in [1.54, 1.807) is 18.9 Å². The molecule has 98 valence electrons. The van der Waals surface area contributed by atoms with Crippen LogP contribution in [0.15, 0.2) is 18.2 Å². The fourth-order valence-corrected chi connectivity index (χ4v) is 1.80. The Kier molecular flexibility index (Phi) is 3.72. The van der Waals surface area contributed by atoms with Crippen molar-refractivity contribution < 1.29 is 19.0 Å². The minimum atomic E-state index is -0.427. The van der Waals surface area contributed by atoms with Gasteiger partial charge in [0.05, 0.1) is 0 Å². The molecule has 18 heavy (non-hydrogen) atoms. The van der Waals surface area contributed by atoms with E-state index in [1.807, 2.05) is 18.2 Å². The molecule has 1 aliphatic heterocycles. The van der Waals surface area contributed by atoms with Crippen molar-refractivity contribution in [2.75, 3.05) is 21.0 Å². The van der Waals surface area contributed by atoms with E-state index in [9.17, 15) is 4.79 Å². The molecule has 1 amide bonds. The number of hydrogen-bond acceptors (Lipinski definition) is 4. The number of carbonyl (C=O) groups is 1. The van der Waals surface area contributed by atoms with Gasteiger partial charge in [-0.3, -0.25) is 4.79 Å². The average Bonchev–Trinajstić information content (AvgIpc) is 2.84. The fourth-order valence-electron chi connectivity index (χ4n) is 1.80. The average molecular weight is 251 g/mol. The zero-order chi connectivity index (χ0) is 13.1. The standard InChI is InChI=1S/C13H17NO4/c1-9(16-3)13(15)14(2)7-10-4-5-11-12(6-10)18-8-17-11/h4-6,9H,7-8H2,1-3H3. The molecule has 0 N–H and O–H groups in total. The van der Waals surface area contributed by atoms with Crippen molar-refractivity contribution in [2.45, 2.75) is 19.6 Å². The third-order valence-electron chi connectivity index (χ3n) is 2.93. The summed E-state index contributed by atoms with van der Waals surface area (Å²) in [6, 6.07) is 5.67. The van der Waals surface area contributed by atoms with E-state index in [4.69, 9.17) is 14.2 Å². The summed E-state index contributed by atoms with van der Waals surface area (Å²) in [5.74, 6) is 1.43. The highest BCUT2D eigenvalue weighted by Crippen LogP contribution is 2.32. The number of hydrogen-bond donors (Lipinski definition) is 0. The van der Waals surface area contributed by atoms with E-state index in [0.29, 0.717) is 6.54 Å². The van der Waals surface area contributed by atoms with E-state index in [2.05, 4.69) is 0 Å². The Morgan fingerprint density at radius 1 is 1.44 bits per heavy atom. The van der Waals surface area contributed by atoms with Crippen LogP contribution in [-0.4, -0.2) is 37.9 Å². The van der Waals surface area contributed by atoms with Crippen LogP contribution in [0.4, 0.5) is 0 Å². The maximum absolute atomic E-state index is 11.9. The molecule has 0 saturated heterocycles. The minimum absolute atomic E-state index is 0.0461. The molecule has 1 heterocycles. The van der Waals surface area contributed by atoms with Gasteiger partial charge >= 0.3 is 0 Å². The second-order valence-corrected chi connectivity index (χ2v) is 4.26. The first kappa shape index (κ1) is 12.7. The summed E-state index contributed by atoms with van der Waals surface area (Å²) in [4.78, 5) is 13.5. The van der Waals surface area contributed by atoms with E-state index < -0.39 is 6.10 Å². The van der Waals surface area contributed by atoms with Gasteiger partial charge in [-0.15, -0.1) is 0 Å². The number of rotatable bonds is 4. The lowest BCUT2D eigenvalue weighted by Gasteiger charge is -2.20. The predicted molar refractivity (Wildman–Crippen MR) is 65.5 cm³/mol. The van der Waals surface area contributed by atoms with Gasteiger partial charge in [-0.25, -0.2) is 0 Å². The first-order valence-electron chi connectivity index (χ1n) is 5.78. The van der Waals surface area contributed by atoms with E-state index >= 15 is 0 Å². The molecule has 2 rings (SSSR count). The Morgan fingerprint density at radius 3 is 2.89 bits per heavy atom. The number of nitrogens with zero attached hydrogens (tertiary/aromatic N) is 1. The van der Waals surface area contributed by atoms with Crippen molar-refractivity contribution in [1.29, 1.82) is 0 Å². The van der Waals surface area contributed by atoms with Gasteiger partial charge in [-0.1, -0.05) is 6.07 Å². The van der Waals surface area contributed by atoms with Crippen LogP contribution in [0, 0.1) is 0 Å². The molecule has 1 aliphatic rings. The first-order chi connectivity index (χ1) is 8.61. The highest BCUT2D eigenvalue weighted by atomic mass is 16.7. The fraction of sp³-hybridized carbons (Fsp3) is 0.462. The predicted octanol–water partition coefficient (Wildman–Crippen LogP) is 1.41. The Morgan fingerprint density at radius 2 is 2.17 bits per heavy atom. The second-order valence-electron chi connectivity index (χ2n) is 4.26. The van der Waals surface area contributed by atoms with Gasteiger partial charge in [-0.05, 0) is 24.6 Å². The van der Waals surface area contributed by atoms with Crippen LogP contribution in [0.25, 0.3) is 0 Å². The Balaban J connectivity index is 2.03. The third-order valence-corrected chi connectivity index (χ3v) is 2.93. The molecule has 0 bridgehead atoms. The third kappa shape index (κ3) is 2.56. The van der Waals surface area contributed by atoms with Crippen molar-refractivity contribution in [3.63, 3.8) is 0 Å². The Labute approximate surface area is 106 Å². The molecule has 5 nitrogen and oxygen atoms in total. The monoisotopic (exact) mass is 251 g/mol. The SMILES string of the molecule is COC(C)C(=O)N(C)Cc1ccc2c(c1)OCO2. The molecule has 0 aromatic heterocycles. The van der Waals surface area contributed by atoms with Crippen molar-refractivity contribution in [3.8, 4) is 11.5 Å². The number of benzene rings is 1. The highest BCUT2D eigenvalue weighted by Gasteiger charge is 2.18. The molecule has 1 unspecified atom stereocenters. The summed E-state index contributed by atoms with van der Waals surface area (Å²) in [5, 5.41) is 0. The summed E-state index contributed by atoms with van der Waals surface area (Å²) in [6.07, 6.45) is -0.427. The Bertz CT molecular complexity index is 447. The molecular formula is C13H17NO4. The second kappa shape index (κ2) is 5.27. The topological polar surface area (TPSA) is 48.0 Å². The maximum Gasteiger partial charge on any atom is 0.251 e. The van der Waals surface area contributed by atoms with Crippen LogP contribution in [0.3, 0.4) is 0 Å². The van der Waals surface area contributed by atoms with Crippen LogP contribution < -0.4 is 9.47 Å². The van der Waals surface area contributed by atoms with E-state index in [1.165, 1.54) is 7.11 Å². The minimum Gasteiger partial charge on any atom is -0.454 e. The largest absolute Gasteiger partial charge is 0.454 e. The zero-order valence-electron chi connectivity index (χ0n) is 10.8. The molecule has 0 radical (unpaired) electrons. The Hall–Kier alpha value is -1.75. The van der Waals surface area contributed by atoms with Gasteiger partial charge in [0.15, 0.2) is 11.5 Å². The summed E-state index contributed by atoms with van der Waals surface area (Å²) < 4.78 is 15.5. The number of ether oxygens (including phenoxy) is 3. The number of fused-ring (bicyclic) bond motifs is 1. The summed E-state index contributed by atoms with van der Waals surface area (Å²) >= 11 is 0.